The standard InChI is InChI=1S/C30H35Cl2N3O5S/c1-4-19-33-30(37)28(5-2)34(20-25-26(31)13-10-14-27(25)32)29(36)21-35(22-11-8-7-9-12-22)41(38,39)24-17-15-23(16-18-24)40-6-3/h7-18,28H,4-6,19-21H2,1-3H3,(H,33,37)/t28-/m0/s1. The number of carbonyl (C=O) groups is 2. The van der Waals surface area contributed by atoms with Crippen molar-refractivity contribution in [2.75, 3.05) is 24.0 Å². The molecule has 3 aromatic rings. The third-order valence-electron chi connectivity index (χ3n) is 6.37. The number of para-hydroxylation sites is 1. The first-order valence-corrected chi connectivity index (χ1v) is 15.6. The highest BCUT2D eigenvalue weighted by atomic mass is 35.5. The minimum absolute atomic E-state index is 0.00830. The van der Waals surface area contributed by atoms with Crippen LogP contribution in [0.2, 0.25) is 10.0 Å². The van der Waals surface area contributed by atoms with E-state index in [9.17, 15) is 18.0 Å². The number of ether oxygens (including phenoxy) is 1. The molecule has 1 atom stereocenters. The molecule has 0 aliphatic carbocycles. The van der Waals surface area contributed by atoms with Crippen molar-refractivity contribution >= 4 is 50.7 Å². The van der Waals surface area contributed by atoms with Gasteiger partial charge < -0.3 is 15.0 Å². The predicted octanol–water partition coefficient (Wildman–Crippen LogP) is 5.92. The van der Waals surface area contributed by atoms with Gasteiger partial charge in [0.1, 0.15) is 18.3 Å². The van der Waals surface area contributed by atoms with Crippen LogP contribution >= 0.6 is 23.2 Å². The molecule has 41 heavy (non-hydrogen) atoms. The van der Waals surface area contributed by atoms with E-state index in [1.54, 1.807) is 67.6 Å². The average molecular weight is 621 g/mol. The van der Waals surface area contributed by atoms with Crippen LogP contribution in [0.15, 0.2) is 77.7 Å². The van der Waals surface area contributed by atoms with Crippen molar-refractivity contribution < 1.29 is 22.7 Å². The predicted molar refractivity (Wildman–Crippen MR) is 163 cm³/mol. The topological polar surface area (TPSA) is 96.0 Å². The summed E-state index contributed by atoms with van der Waals surface area (Å²) in [5.41, 5.74) is 0.764. The molecular formula is C30H35Cl2N3O5S. The molecule has 0 fully saturated rings. The molecule has 0 saturated heterocycles. The van der Waals surface area contributed by atoms with E-state index in [2.05, 4.69) is 5.32 Å². The Labute approximate surface area is 252 Å². The average Bonchev–Trinajstić information content (AvgIpc) is 2.96. The van der Waals surface area contributed by atoms with Crippen LogP contribution in [0.3, 0.4) is 0 Å². The molecule has 11 heteroatoms. The van der Waals surface area contributed by atoms with Gasteiger partial charge in [-0.1, -0.05) is 61.3 Å². The number of amides is 2. The van der Waals surface area contributed by atoms with E-state index < -0.39 is 28.5 Å². The number of halogens is 2. The third-order valence-corrected chi connectivity index (χ3v) is 8.87. The number of sulfonamides is 1. The maximum absolute atomic E-state index is 14.1. The van der Waals surface area contributed by atoms with Crippen molar-refractivity contribution in [1.29, 1.82) is 0 Å². The smallest absolute Gasteiger partial charge is 0.264 e. The van der Waals surface area contributed by atoms with Crippen LogP contribution in [0.4, 0.5) is 5.69 Å². The highest BCUT2D eigenvalue weighted by Gasteiger charge is 2.34. The van der Waals surface area contributed by atoms with E-state index in [0.29, 0.717) is 53.0 Å². The van der Waals surface area contributed by atoms with Crippen molar-refractivity contribution in [1.82, 2.24) is 10.2 Å². The fourth-order valence-corrected chi connectivity index (χ4v) is 6.20. The van der Waals surface area contributed by atoms with Gasteiger partial charge in [0.15, 0.2) is 0 Å². The quantitative estimate of drug-likeness (QED) is 0.242. The summed E-state index contributed by atoms with van der Waals surface area (Å²) in [4.78, 5) is 28.6. The molecular weight excluding hydrogens is 585 g/mol. The van der Waals surface area contributed by atoms with Gasteiger partial charge >= 0.3 is 0 Å². The molecule has 220 valence electrons. The normalized spacial score (nSPS) is 11.9. The summed E-state index contributed by atoms with van der Waals surface area (Å²) in [7, 11) is -4.19. The van der Waals surface area contributed by atoms with E-state index in [4.69, 9.17) is 27.9 Å². The zero-order chi connectivity index (χ0) is 30.0. The fourth-order valence-electron chi connectivity index (χ4n) is 4.26. The molecule has 0 aromatic heterocycles. The Hall–Kier alpha value is -3.27. The zero-order valence-electron chi connectivity index (χ0n) is 23.3. The molecule has 0 radical (unpaired) electrons. The molecule has 0 spiro atoms. The Morgan fingerprint density at radius 2 is 1.54 bits per heavy atom. The lowest BCUT2D eigenvalue weighted by atomic mass is 10.1. The van der Waals surface area contributed by atoms with Crippen LogP contribution in [0.5, 0.6) is 5.75 Å². The maximum Gasteiger partial charge on any atom is 0.264 e. The summed E-state index contributed by atoms with van der Waals surface area (Å²) in [5, 5.41) is 3.52. The highest BCUT2D eigenvalue weighted by Crippen LogP contribution is 2.29. The van der Waals surface area contributed by atoms with Crippen LogP contribution in [0.1, 0.15) is 39.2 Å². The molecule has 3 rings (SSSR count). The lowest BCUT2D eigenvalue weighted by Gasteiger charge is -2.33. The highest BCUT2D eigenvalue weighted by molar-refractivity contribution is 7.92. The van der Waals surface area contributed by atoms with Crippen molar-refractivity contribution in [3.8, 4) is 5.75 Å². The molecule has 0 unspecified atom stereocenters. The van der Waals surface area contributed by atoms with Gasteiger partial charge in [0.2, 0.25) is 11.8 Å². The second kappa shape index (κ2) is 15.1. The summed E-state index contributed by atoms with van der Waals surface area (Å²) < 4.78 is 34.4. The largest absolute Gasteiger partial charge is 0.494 e. The van der Waals surface area contributed by atoms with E-state index in [-0.39, 0.29) is 17.3 Å². The van der Waals surface area contributed by atoms with Crippen LogP contribution in [0.25, 0.3) is 0 Å². The molecule has 0 bridgehead atoms. The van der Waals surface area contributed by atoms with Crippen molar-refractivity contribution in [3.05, 3.63) is 88.4 Å². The van der Waals surface area contributed by atoms with E-state index in [0.717, 1.165) is 4.31 Å². The van der Waals surface area contributed by atoms with Gasteiger partial charge in [0.25, 0.3) is 10.0 Å². The second-order valence-electron chi connectivity index (χ2n) is 9.19. The monoisotopic (exact) mass is 619 g/mol. The summed E-state index contributed by atoms with van der Waals surface area (Å²) >= 11 is 12.9. The summed E-state index contributed by atoms with van der Waals surface area (Å²) in [6, 6.07) is 18.5. The molecule has 3 aromatic carbocycles. The lowest BCUT2D eigenvalue weighted by Crippen LogP contribution is -2.52. The number of rotatable bonds is 14. The summed E-state index contributed by atoms with van der Waals surface area (Å²) in [6.45, 7) is 5.79. The summed E-state index contributed by atoms with van der Waals surface area (Å²) in [6.07, 6.45) is 1.01. The first-order valence-electron chi connectivity index (χ1n) is 13.4. The fraction of sp³-hybridized carbons (Fsp3) is 0.333. The first kappa shape index (κ1) is 32.2. The number of anilines is 1. The maximum atomic E-state index is 14.1. The number of benzene rings is 3. The number of hydrogen-bond acceptors (Lipinski definition) is 5. The lowest BCUT2D eigenvalue weighted by molar-refractivity contribution is -0.140. The first-order chi connectivity index (χ1) is 19.6. The van der Waals surface area contributed by atoms with Gasteiger partial charge in [0, 0.05) is 28.7 Å². The van der Waals surface area contributed by atoms with Crippen LogP contribution < -0.4 is 14.4 Å². The van der Waals surface area contributed by atoms with Gasteiger partial charge in [0.05, 0.1) is 17.2 Å². The minimum Gasteiger partial charge on any atom is -0.494 e. The molecule has 0 aliphatic rings. The molecule has 0 heterocycles. The van der Waals surface area contributed by atoms with Gasteiger partial charge in [-0.2, -0.15) is 0 Å². The van der Waals surface area contributed by atoms with Crippen molar-refractivity contribution in [2.45, 2.75) is 51.1 Å². The SMILES string of the molecule is CCCNC(=O)[C@H](CC)N(Cc1c(Cl)cccc1Cl)C(=O)CN(c1ccccc1)S(=O)(=O)c1ccc(OCC)cc1. The molecule has 0 aliphatic heterocycles. The van der Waals surface area contributed by atoms with Gasteiger partial charge in [-0.15, -0.1) is 0 Å². The molecule has 8 nitrogen and oxygen atoms in total. The molecule has 0 saturated carbocycles. The molecule has 2 amide bonds. The second-order valence-corrected chi connectivity index (χ2v) is 11.9. The summed E-state index contributed by atoms with van der Waals surface area (Å²) in [5.74, 6) is -0.398. The Morgan fingerprint density at radius 1 is 0.902 bits per heavy atom. The van der Waals surface area contributed by atoms with E-state index in [1.807, 2.05) is 13.8 Å². The van der Waals surface area contributed by atoms with Crippen molar-refractivity contribution in [2.24, 2.45) is 0 Å². The van der Waals surface area contributed by atoms with Gasteiger partial charge in [-0.3, -0.25) is 13.9 Å². The van der Waals surface area contributed by atoms with E-state index in [1.165, 1.54) is 17.0 Å². The Bertz CT molecular complexity index is 1400. The number of nitrogens with one attached hydrogen (secondary N) is 1. The van der Waals surface area contributed by atoms with Gasteiger partial charge in [-0.25, -0.2) is 8.42 Å². The number of carbonyl (C=O) groups excluding carboxylic acids is 2. The van der Waals surface area contributed by atoms with Crippen LogP contribution in [-0.2, 0) is 26.2 Å². The van der Waals surface area contributed by atoms with Crippen LogP contribution in [-0.4, -0.2) is 50.9 Å². The number of nitrogens with zero attached hydrogens (tertiary/aromatic N) is 2. The third kappa shape index (κ3) is 8.15. The molecule has 1 N–H and O–H groups in total. The van der Waals surface area contributed by atoms with E-state index >= 15 is 0 Å². The zero-order valence-corrected chi connectivity index (χ0v) is 25.7. The minimum atomic E-state index is -4.19. The Balaban J connectivity index is 2.05. The van der Waals surface area contributed by atoms with Gasteiger partial charge in [-0.05, 0) is 68.3 Å². The number of hydrogen-bond donors (Lipinski definition) is 1. The Kier molecular flexibility index (Phi) is 11.9. The van der Waals surface area contributed by atoms with Crippen molar-refractivity contribution in [3.63, 3.8) is 0 Å². The Morgan fingerprint density at radius 3 is 2.10 bits per heavy atom. The van der Waals surface area contributed by atoms with Crippen LogP contribution in [0, 0.1) is 0 Å².